The Morgan fingerprint density at radius 3 is 2.40 bits per heavy atom. The second-order valence-electron chi connectivity index (χ2n) is 6.70. The molecule has 0 aliphatic heterocycles. The molecular formula is C24H19Cl2N3O. The van der Waals surface area contributed by atoms with E-state index >= 15 is 0 Å². The fraction of sp³-hybridized carbons (Fsp3) is 0.0833. The molecule has 0 saturated heterocycles. The van der Waals surface area contributed by atoms with Crippen molar-refractivity contribution < 1.29 is 4.74 Å². The van der Waals surface area contributed by atoms with E-state index in [0.29, 0.717) is 16.6 Å². The van der Waals surface area contributed by atoms with E-state index < -0.39 is 0 Å². The molecule has 0 fully saturated rings. The fourth-order valence-electron chi connectivity index (χ4n) is 3.09. The summed E-state index contributed by atoms with van der Waals surface area (Å²) in [4.78, 5) is 4.02. The average Bonchev–Trinajstić information content (AvgIpc) is 3.28. The van der Waals surface area contributed by atoms with Crippen LogP contribution >= 0.6 is 23.2 Å². The van der Waals surface area contributed by atoms with Crippen LogP contribution in [-0.4, -0.2) is 14.8 Å². The summed E-state index contributed by atoms with van der Waals surface area (Å²) in [6, 6.07) is 24.0. The van der Waals surface area contributed by atoms with Crippen LogP contribution in [0.25, 0.3) is 17.2 Å². The van der Waals surface area contributed by atoms with Crippen molar-refractivity contribution in [3.63, 3.8) is 0 Å². The van der Waals surface area contributed by atoms with Gasteiger partial charge in [0.25, 0.3) is 0 Å². The van der Waals surface area contributed by atoms with Gasteiger partial charge in [-0.25, -0.2) is 9.67 Å². The van der Waals surface area contributed by atoms with Gasteiger partial charge in [-0.05, 0) is 40.5 Å². The van der Waals surface area contributed by atoms with Crippen LogP contribution in [-0.2, 0) is 11.3 Å². The molecule has 0 spiro atoms. The Kier molecular flexibility index (Phi) is 6.47. The van der Waals surface area contributed by atoms with Crippen molar-refractivity contribution in [3.8, 4) is 11.1 Å². The van der Waals surface area contributed by atoms with Crippen molar-refractivity contribution in [3.05, 3.63) is 113 Å². The first-order valence-electron chi connectivity index (χ1n) is 9.44. The molecule has 150 valence electrons. The third-order valence-corrected chi connectivity index (χ3v) is 5.22. The van der Waals surface area contributed by atoms with Crippen LogP contribution in [0.4, 0.5) is 0 Å². The summed E-state index contributed by atoms with van der Waals surface area (Å²) in [6.07, 6.45) is 6.43. The fourth-order valence-corrected chi connectivity index (χ4v) is 3.56. The van der Waals surface area contributed by atoms with Crippen LogP contribution < -0.4 is 0 Å². The summed E-state index contributed by atoms with van der Waals surface area (Å²) in [5, 5.41) is 5.37. The first-order valence-corrected chi connectivity index (χ1v) is 10.2. The lowest BCUT2D eigenvalue weighted by atomic mass is 10.0. The number of nitrogens with zero attached hydrogens (tertiary/aromatic N) is 3. The predicted molar refractivity (Wildman–Crippen MR) is 121 cm³/mol. The molecule has 1 heterocycles. The minimum atomic E-state index is -0.237. The van der Waals surface area contributed by atoms with E-state index in [-0.39, 0.29) is 6.10 Å². The Morgan fingerprint density at radius 2 is 1.70 bits per heavy atom. The molecular weight excluding hydrogens is 417 g/mol. The van der Waals surface area contributed by atoms with E-state index in [0.717, 1.165) is 16.7 Å². The van der Waals surface area contributed by atoms with Gasteiger partial charge in [-0.1, -0.05) is 83.9 Å². The van der Waals surface area contributed by atoms with Gasteiger partial charge in [0.1, 0.15) is 18.8 Å². The standard InChI is InChI=1S/C24H19Cl2N3O/c25-22-11-10-20(23(26)14-22)12-13-30-24(15-29-17-27-16-28-29)21-8-6-19(7-9-21)18-4-2-1-3-5-18/h1-14,16-17,24H,15H2. The van der Waals surface area contributed by atoms with Crippen molar-refractivity contribution >= 4 is 29.3 Å². The lowest BCUT2D eigenvalue weighted by Crippen LogP contribution is -2.11. The molecule has 4 nitrogen and oxygen atoms in total. The SMILES string of the molecule is Clc1ccc(C=COC(Cn2cncn2)c2ccc(-c3ccccc3)cc2)c(Cl)c1. The second kappa shape index (κ2) is 9.61. The monoisotopic (exact) mass is 435 g/mol. The third kappa shape index (κ3) is 5.09. The van der Waals surface area contributed by atoms with Crippen LogP contribution in [0, 0.1) is 0 Å². The predicted octanol–water partition coefficient (Wildman–Crippen LogP) is 6.68. The van der Waals surface area contributed by atoms with Gasteiger partial charge in [-0.2, -0.15) is 5.10 Å². The second-order valence-corrected chi connectivity index (χ2v) is 7.54. The van der Waals surface area contributed by atoms with E-state index in [1.807, 2.05) is 30.3 Å². The zero-order chi connectivity index (χ0) is 20.8. The molecule has 1 atom stereocenters. The smallest absolute Gasteiger partial charge is 0.142 e. The lowest BCUT2D eigenvalue weighted by molar-refractivity contribution is 0.125. The molecule has 4 aromatic rings. The summed E-state index contributed by atoms with van der Waals surface area (Å²) in [5.41, 5.74) is 4.20. The van der Waals surface area contributed by atoms with Gasteiger partial charge in [0, 0.05) is 10.0 Å². The highest BCUT2D eigenvalue weighted by Gasteiger charge is 2.13. The number of hydrogen-bond donors (Lipinski definition) is 0. The molecule has 6 heteroatoms. The van der Waals surface area contributed by atoms with Crippen LogP contribution in [0.3, 0.4) is 0 Å². The third-order valence-electron chi connectivity index (χ3n) is 4.66. The average molecular weight is 436 g/mol. The Labute approximate surface area is 185 Å². The molecule has 0 N–H and O–H groups in total. The minimum Gasteiger partial charge on any atom is -0.491 e. The normalized spacial score (nSPS) is 12.2. The molecule has 4 rings (SSSR count). The summed E-state index contributed by atoms with van der Waals surface area (Å²) in [5.74, 6) is 0. The van der Waals surface area contributed by atoms with Crippen molar-refractivity contribution in [1.29, 1.82) is 0 Å². The largest absolute Gasteiger partial charge is 0.491 e. The first-order chi connectivity index (χ1) is 14.7. The summed E-state index contributed by atoms with van der Waals surface area (Å²) < 4.78 is 7.82. The van der Waals surface area contributed by atoms with Gasteiger partial charge < -0.3 is 4.74 Å². The van der Waals surface area contributed by atoms with Crippen molar-refractivity contribution in [2.24, 2.45) is 0 Å². The van der Waals surface area contributed by atoms with Crippen molar-refractivity contribution in [2.75, 3.05) is 0 Å². The maximum absolute atomic E-state index is 6.24. The number of rotatable bonds is 7. The molecule has 1 unspecified atom stereocenters. The zero-order valence-electron chi connectivity index (χ0n) is 16.0. The van der Waals surface area contributed by atoms with Gasteiger partial charge >= 0.3 is 0 Å². The molecule has 0 amide bonds. The Hall–Kier alpha value is -3.08. The zero-order valence-corrected chi connectivity index (χ0v) is 17.5. The Morgan fingerprint density at radius 1 is 0.933 bits per heavy atom. The topological polar surface area (TPSA) is 39.9 Å². The molecule has 30 heavy (non-hydrogen) atoms. The van der Waals surface area contributed by atoms with Gasteiger partial charge in [0.2, 0.25) is 0 Å². The van der Waals surface area contributed by atoms with E-state index in [4.69, 9.17) is 27.9 Å². The molecule has 3 aromatic carbocycles. The van der Waals surface area contributed by atoms with Gasteiger partial charge in [-0.3, -0.25) is 0 Å². The molecule has 0 saturated carbocycles. The highest BCUT2D eigenvalue weighted by atomic mass is 35.5. The maximum Gasteiger partial charge on any atom is 0.142 e. The quantitative estimate of drug-likeness (QED) is 0.304. The number of ether oxygens (including phenoxy) is 1. The summed E-state index contributed by atoms with van der Waals surface area (Å²) in [7, 11) is 0. The molecule has 0 bridgehead atoms. The maximum atomic E-state index is 6.24. The number of hydrogen-bond acceptors (Lipinski definition) is 3. The lowest BCUT2D eigenvalue weighted by Gasteiger charge is -2.17. The minimum absolute atomic E-state index is 0.237. The van der Waals surface area contributed by atoms with E-state index in [9.17, 15) is 0 Å². The van der Waals surface area contributed by atoms with Gasteiger partial charge in [0.15, 0.2) is 0 Å². The van der Waals surface area contributed by atoms with E-state index in [1.165, 1.54) is 11.9 Å². The van der Waals surface area contributed by atoms with Crippen LogP contribution in [0.2, 0.25) is 10.0 Å². The first kappa shape index (κ1) is 20.2. The van der Waals surface area contributed by atoms with Gasteiger partial charge in [0.05, 0.1) is 12.8 Å². The van der Waals surface area contributed by atoms with Gasteiger partial charge in [-0.15, -0.1) is 0 Å². The molecule has 0 aliphatic carbocycles. The van der Waals surface area contributed by atoms with Crippen LogP contribution in [0.5, 0.6) is 0 Å². The molecule has 1 aromatic heterocycles. The highest BCUT2D eigenvalue weighted by molar-refractivity contribution is 6.35. The summed E-state index contributed by atoms with van der Waals surface area (Å²) >= 11 is 12.2. The number of halogens is 2. The molecule has 0 radical (unpaired) electrons. The number of aromatic nitrogens is 3. The van der Waals surface area contributed by atoms with E-state index in [1.54, 1.807) is 29.4 Å². The highest BCUT2D eigenvalue weighted by Crippen LogP contribution is 2.26. The Balaban J connectivity index is 1.54. The number of benzene rings is 3. The van der Waals surface area contributed by atoms with Crippen LogP contribution in [0.1, 0.15) is 17.2 Å². The summed E-state index contributed by atoms with van der Waals surface area (Å²) in [6.45, 7) is 0.531. The van der Waals surface area contributed by atoms with Crippen molar-refractivity contribution in [1.82, 2.24) is 14.8 Å². The van der Waals surface area contributed by atoms with Crippen molar-refractivity contribution in [2.45, 2.75) is 12.6 Å². The molecule has 0 aliphatic rings. The van der Waals surface area contributed by atoms with E-state index in [2.05, 4.69) is 46.5 Å². The Bertz CT molecular complexity index is 1110. The van der Waals surface area contributed by atoms with Crippen LogP contribution in [0.15, 0.2) is 91.7 Å².